The Balaban J connectivity index is 2.37. The fraction of sp³-hybridized carbons (Fsp3) is 0.500. The number of benzene rings is 1. The topological polar surface area (TPSA) is 41.1 Å². The van der Waals surface area contributed by atoms with E-state index in [9.17, 15) is 4.79 Å². The summed E-state index contributed by atoms with van der Waals surface area (Å²) in [6, 6.07) is 8.00. The Hall–Kier alpha value is -1.35. The molecule has 0 fully saturated rings. The first kappa shape index (κ1) is 13.7. The van der Waals surface area contributed by atoms with Crippen molar-refractivity contribution < 1.29 is 4.79 Å². The summed E-state index contributed by atoms with van der Waals surface area (Å²) in [5.74, 6) is 0.558. The summed E-state index contributed by atoms with van der Waals surface area (Å²) in [5.41, 5.74) is 2.28. The maximum atomic E-state index is 11.7. The molecule has 1 amide bonds. The molecular formula is C14H22N2O. The Kier molecular flexibility index (Phi) is 5.70. The van der Waals surface area contributed by atoms with E-state index in [0.29, 0.717) is 12.3 Å². The van der Waals surface area contributed by atoms with Gasteiger partial charge in [0.05, 0.1) is 6.42 Å². The summed E-state index contributed by atoms with van der Waals surface area (Å²) in [4.78, 5) is 11.7. The molecule has 0 aliphatic heterocycles. The number of carbonyl (C=O) groups excluding carboxylic acids is 1. The predicted molar refractivity (Wildman–Crippen MR) is 71.0 cm³/mol. The van der Waals surface area contributed by atoms with Gasteiger partial charge in [-0.3, -0.25) is 4.79 Å². The summed E-state index contributed by atoms with van der Waals surface area (Å²) >= 11 is 0. The lowest BCUT2D eigenvalue weighted by Gasteiger charge is -2.12. The highest BCUT2D eigenvalue weighted by Crippen LogP contribution is 2.07. The van der Waals surface area contributed by atoms with Crippen LogP contribution in [-0.4, -0.2) is 26.0 Å². The first-order valence-electron chi connectivity index (χ1n) is 6.09. The maximum absolute atomic E-state index is 11.7. The Morgan fingerprint density at radius 3 is 2.65 bits per heavy atom. The van der Waals surface area contributed by atoms with Crippen molar-refractivity contribution in [1.29, 1.82) is 0 Å². The van der Waals surface area contributed by atoms with E-state index in [0.717, 1.165) is 18.7 Å². The SMILES string of the molecule is CNCC(C)CNC(=O)Cc1ccccc1C. The van der Waals surface area contributed by atoms with E-state index in [1.165, 1.54) is 5.56 Å². The first-order chi connectivity index (χ1) is 8.13. The van der Waals surface area contributed by atoms with Gasteiger partial charge in [0, 0.05) is 6.54 Å². The van der Waals surface area contributed by atoms with Crippen LogP contribution >= 0.6 is 0 Å². The summed E-state index contributed by atoms with van der Waals surface area (Å²) in [6.45, 7) is 5.80. The third kappa shape index (κ3) is 5.00. The largest absolute Gasteiger partial charge is 0.355 e. The van der Waals surface area contributed by atoms with Crippen molar-refractivity contribution in [2.45, 2.75) is 20.3 Å². The zero-order valence-corrected chi connectivity index (χ0v) is 10.9. The van der Waals surface area contributed by atoms with Crippen molar-refractivity contribution in [3.8, 4) is 0 Å². The minimum atomic E-state index is 0.0993. The lowest BCUT2D eigenvalue weighted by atomic mass is 10.1. The number of carbonyl (C=O) groups is 1. The predicted octanol–water partition coefficient (Wildman–Crippen LogP) is 1.51. The zero-order chi connectivity index (χ0) is 12.7. The summed E-state index contributed by atoms with van der Waals surface area (Å²) in [7, 11) is 1.92. The Morgan fingerprint density at radius 1 is 1.29 bits per heavy atom. The second-order valence-corrected chi connectivity index (χ2v) is 4.57. The minimum absolute atomic E-state index is 0.0993. The molecule has 0 aliphatic carbocycles. The van der Waals surface area contributed by atoms with Crippen LogP contribution in [0.5, 0.6) is 0 Å². The molecule has 1 rings (SSSR count). The van der Waals surface area contributed by atoms with Crippen molar-refractivity contribution >= 4 is 5.91 Å². The van der Waals surface area contributed by atoms with Crippen LogP contribution in [0.3, 0.4) is 0 Å². The standard InChI is InChI=1S/C14H22N2O/c1-11(9-15-3)10-16-14(17)8-13-7-5-4-6-12(13)2/h4-7,11,15H,8-10H2,1-3H3,(H,16,17). The van der Waals surface area contributed by atoms with E-state index in [4.69, 9.17) is 0 Å². The lowest BCUT2D eigenvalue weighted by Crippen LogP contribution is -2.33. The molecule has 0 saturated heterocycles. The molecule has 0 aromatic heterocycles. The van der Waals surface area contributed by atoms with Gasteiger partial charge < -0.3 is 10.6 Å². The number of hydrogen-bond donors (Lipinski definition) is 2. The molecule has 0 radical (unpaired) electrons. The van der Waals surface area contributed by atoms with Crippen LogP contribution in [0.15, 0.2) is 24.3 Å². The average Bonchev–Trinajstić information content (AvgIpc) is 2.30. The second-order valence-electron chi connectivity index (χ2n) is 4.57. The lowest BCUT2D eigenvalue weighted by molar-refractivity contribution is -0.120. The van der Waals surface area contributed by atoms with Gasteiger partial charge in [-0.1, -0.05) is 31.2 Å². The van der Waals surface area contributed by atoms with Crippen molar-refractivity contribution in [3.63, 3.8) is 0 Å². The molecule has 3 nitrogen and oxygen atoms in total. The molecule has 17 heavy (non-hydrogen) atoms. The molecule has 1 unspecified atom stereocenters. The molecule has 1 aromatic rings. The van der Waals surface area contributed by atoms with Gasteiger partial charge in [-0.2, -0.15) is 0 Å². The molecule has 1 atom stereocenters. The van der Waals surface area contributed by atoms with Gasteiger partial charge >= 0.3 is 0 Å². The summed E-state index contributed by atoms with van der Waals surface area (Å²) in [5, 5.41) is 6.06. The maximum Gasteiger partial charge on any atom is 0.224 e. The molecule has 0 spiro atoms. The van der Waals surface area contributed by atoms with Crippen LogP contribution in [0.2, 0.25) is 0 Å². The zero-order valence-electron chi connectivity index (χ0n) is 10.9. The Morgan fingerprint density at radius 2 is 2.00 bits per heavy atom. The van der Waals surface area contributed by atoms with E-state index >= 15 is 0 Å². The highest BCUT2D eigenvalue weighted by atomic mass is 16.1. The normalized spacial score (nSPS) is 12.2. The third-order valence-electron chi connectivity index (χ3n) is 2.81. The highest BCUT2D eigenvalue weighted by molar-refractivity contribution is 5.78. The van der Waals surface area contributed by atoms with Crippen LogP contribution < -0.4 is 10.6 Å². The third-order valence-corrected chi connectivity index (χ3v) is 2.81. The molecule has 94 valence electrons. The van der Waals surface area contributed by atoms with Crippen LogP contribution in [-0.2, 0) is 11.2 Å². The minimum Gasteiger partial charge on any atom is -0.355 e. The van der Waals surface area contributed by atoms with Crippen molar-refractivity contribution in [2.75, 3.05) is 20.1 Å². The fourth-order valence-corrected chi connectivity index (χ4v) is 1.75. The van der Waals surface area contributed by atoms with E-state index in [-0.39, 0.29) is 5.91 Å². The van der Waals surface area contributed by atoms with E-state index in [1.54, 1.807) is 0 Å². The summed E-state index contributed by atoms with van der Waals surface area (Å²) in [6.07, 6.45) is 0.471. The number of amides is 1. The van der Waals surface area contributed by atoms with Gasteiger partial charge in [0.2, 0.25) is 5.91 Å². The van der Waals surface area contributed by atoms with Crippen LogP contribution in [0.25, 0.3) is 0 Å². The number of rotatable bonds is 6. The molecule has 3 heteroatoms. The molecular weight excluding hydrogens is 212 g/mol. The molecule has 1 aromatic carbocycles. The van der Waals surface area contributed by atoms with E-state index < -0.39 is 0 Å². The fourth-order valence-electron chi connectivity index (χ4n) is 1.75. The van der Waals surface area contributed by atoms with Crippen molar-refractivity contribution in [1.82, 2.24) is 10.6 Å². The van der Waals surface area contributed by atoms with Gasteiger partial charge in [0.25, 0.3) is 0 Å². The van der Waals surface area contributed by atoms with Gasteiger partial charge in [-0.05, 0) is 37.6 Å². The molecule has 0 aliphatic rings. The first-order valence-corrected chi connectivity index (χ1v) is 6.09. The van der Waals surface area contributed by atoms with E-state index in [1.807, 2.05) is 38.2 Å². The van der Waals surface area contributed by atoms with Crippen LogP contribution in [0.1, 0.15) is 18.1 Å². The molecule has 2 N–H and O–H groups in total. The van der Waals surface area contributed by atoms with Crippen LogP contribution in [0.4, 0.5) is 0 Å². The highest BCUT2D eigenvalue weighted by Gasteiger charge is 2.07. The Bertz CT molecular complexity index is 363. The number of aryl methyl sites for hydroxylation is 1. The number of hydrogen-bond acceptors (Lipinski definition) is 2. The molecule has 0 saturated carbocycles. The monoisotopic (exact) mass is 234 g/mol. The van der Waals surface area contributed by atoms with Gasteiger partial charge in [0.15, 0.2) is 0 Å². The van der Waals surface area contributed by atoms with E-state index in [2.05, 4.69) is 17.6 Å². The smallest absolute Gasteiger partial charge is 0.224 e. The quantitative estimate of drug-likeness (QED) is 0.783. The van der Waals surface area contributed by atoms with Gasteiger partial charge in [-0.15, -0.1) is 0 Å². The van der Waals surface area contributed by atoms with Crippen molar-refractivity contribution in [3.05, 3.63) is 35.4 Å². The Labute approximate surface area is 104 Å². The molecule has 0 heterocycles. The van der Waals surface area contributed by atoms with Crippen LogP contribution in [0, 0.1) is 12.8 Å². The second kappa shape index (κ2) is 7.07. The van der Waals surface area contributed by atoms with Crippen molar-refractivity contribution in [2.24, 2.45) is 5.92 Å². The van der Waals surface area contributed by atoms with Gasteiger partial charge in [0.1, 0.15) is 0 Å². The summed E-state index contributed by atoms with van der Waals surface area (Å²) < 4.78 is 0. The number of nitrogens with one attached hydrogen (secondary N) is 2. The van der Waals surface area contributed by atoms with Gasteiger partial charge in [-0.25, -0.2) is 0 Å². The molecule has 0 bridgehead atoms. The average molecular weight is 234 g/mol.